The van der Waals surface area contributed by atoms with Crippen LogP contribution in [0.3, 0.4) is 0 Å². The molecule has 0 aliphatic heterocycles. The number of carbonyl (C=O) groups excluding carboxylic acids is 1. The normalized spacial score (nSPS) is 21.5. The molecule has 1 saturated carbocycles. The summed E-state index contributed by atoms with van der Waals surface area (Å²) in [6.45, 7) is 2.88. The summed E-state index contributed by atoms with van der Waals surface area (Å²) in [5, 5.41) is 14.4. The Morgan fingerprint density at radius 1 is 1.27 bits per heavy atom. The van der Waals surface area contributed by atoms with Gasteiger partial charge in [-0.25, -0.2) is 0 Å². The van der Waals surface area contributed by atoms with Crippen molar-refractivity contribution in [2.45, 2.75) is 25.7 Å². The van der Waals surface area contributed by atoms with E-state index in [0.717, 1.165) is 12.8 Å². The Balaban J connectivity index is 1.59. The van der Waals surface area contributed by atoms with Crippen molar-refractivity contribution in [3.8, 4) is 0 Å². The van der Waals surface area contributed by atoms with E-state index in [1.807, 2.05) is 19.1 Å². The lowest BCUT2D eigenvalue weighted by Gasteiger charge is -2.11. The molecule has 1 aliphatic carbocycles. The number of carbonyl (C=O) groups is 1. The van der Waals surface area contributed by atoms with Crippen molar-refractivity contribution >= 4 is 16.7 Å². The molecule has 0 radical (unpaired) electrons. The number of rotatable bonds is 6. The Labute approximate surface area is 131 Å². The first-order valence-corrected chi connectivity index (χ1v) is 8.06. The van der Waals surface area contributed by atoms with E-state index < -0.39 is 0 Å². The third-order valence-corrected chi connectivity index (χ3v) is 4.58. The summed E-state index contributed by atoms with van der Waals surface area (Å²) in [4.78, 5) is 12.2. The van der Waals surface area contributed by atoms with E-state index in [9.17, 15) is 4.79 Å². The highest BCUT2D eigenvalue weighted by atomic mass is 16.3. The molecule has 3 rings (SSSR count). The van der Waals surface area contributed by atoms with Gasteiger partial charge in [0, 0.05) is 19.1 Å². The molecule has 2 N–H and O–H groups in total. The summed E-state index contributed by atoms with van der Waals surface area (Å²) < 4.78 is 0. The van der Waals surface area contributed by atoms with Gasteiger partial charge in [-0.2, -0.15) is 0 Å². The fourth-order valence-electron chi connectivity index (χ4n) is 3.02. The van der Waals surface area contributed by atoms with E-state index in [-0.39, 0.29) is 18.4 Å². The van der Waals surface area contributed by atoms with Crippen LogP contribution in [0.5, 0.6) is 0 Å². The number of nitrogens with one attached hydrogen (secondary N) is 1. The summed E-state index contributed by atoms with van der Waals surface area (Å²) >= 11 is 0. The van der Waals surface area contributed by atoms with Crippen molar-refractivity contribution in [2.75, 3.05) is 13.2 Å². The molecule has 1 amide bonds. The zero-order chi connectivity index (χ0) is 15.5. The number of benzene rings is 2. The summed E-state index contributed by atoms with van der Waals surface area (Å²) in [6, 6.07) is 14.8. The van der Waals surface area contributed by atoms with Crippen LogP contribution in [0.2, 0.25) is 0 Å². The number of aliphatic hydroxyl groups is 1. The Morgan fingerprint density at radius 2 is 2.05 bits per heavy atom. The second kappa shape index (κ2) is 6.49. The van der Waals surface area contributed by atoms with Crippen LogP contribution < -0.4 is 5.32 Å². The first kappa shape index (κ1) is 15.0. The minimum atomic E-state index is 0.113. The van der Waals surface area contributed by atoms with Crippen LogP contribution in [-0.2, 0) is 4.79 Å². The molecule has 1 fully saturated rings. The van der Waals surface area contributed by atoms with Gasteiger partial charge >= 0.3 is 0 Å². The highest BCUT2D eigenvalue weighted by Gasteiger charge is 2.43. The standard InChI is InChI=1S/C19H23NO2/c1-13(8-9-21)12-20-19(22)18-11-17(18)16-7-6-14-4-2-3-5-15(14)10-16/h2-7,10,13,17-18,21H,8-9,11-12H2,1H3,(H,20,22). The van der Waals surface area contributed by atoms with Crippen molar-refractivity contribution in [1.29, 1.82) is 0 Å². The third kappa shape index (κ3) is 3.30. The molecule has 1 aliphatic rings. The second-order valence-electron chi connectivity index (χ2n) is 6.42. The predicted molar refractivity (Wildman–Crippen MR) is 88.7 cm³/mol. The maximum absolute atomic E-state index is 12.2. The summed E-state index contributed by atoms with van der Waals surface area (Å²) in [7, 11) is 0. The van der Waals surface area contributed by atoms with Gasteiger partial charge in [-0.3, -0.25) is 4.79 Å². The van der Waals surface area contributed by atoms with Gasteiger partial charge in [-0.05, 0) is 41.0 Å². The molecule has 0 heterocycles. The smallest absolute Gasteiger partial charge is 0.223 e. The van der Waals surface area contributed by atoms with Crippen LogP contribution in [0.1, 0.15) is 31.2 Å². The maximum Gasteiger partial charge on any atom is 0.223 e. The van der Waals surface area contributed by atoms with E-state index >= 15 is 0 Å². The van der Waals surface area contributed by atoms with Crippen LogP contribution in [0.4, 0.5) is 0 Å². The van der Waals surface area contributed by atoms with Gasteiger partial charge in [-0.1, -0.05) is 49.4 Å². The van der Waals surface area contributed by atoms with Crippen LogP contribution >= 0.6 is 0 Å². The molecule has 3 atom stereocenters. The summed E-state index contributed by atoms with van der Waals surface area (Å²) in [5.41, 5.74) is 1.27. The number of hydrogen-bond donors (Lipinski definition) is 2. The topological polar surface area (TPSA) is 49.3 Å². The third-order valence-electron chi connectivity index (χ3n) is 4.58. The number of aliphatic hydroxyl groups excluding tert-OH is 1. The quantitative estimate of drug-likeness (QED) is 0.861. The van der Waals surface area contributed by atoms with E-state index in [4.69, 9.17) is 5.11 Å². The molecule has 0 spiro atoms. The van der Waals surface area contributed by atoms with E-state index in [1.54, 1.807) is 0 Å². The zero-order valence-electron chi connectivity index (χ0n) is 13.0. The molecule has 116 valence electrons. The molecule has 3 heteroatoms. The average molecular weight is 297 g/mol. The van der Waals surface area contributed by atoms with Gasteiger partial charge in [0.05, 0.1) is 0 Å². The van der Waals surface area contributed by atoms with Crippen molar-refractivity contribution < 1.29 is 9.90 Å². The molecule has 3 nitrogen and oxygen atoms in total. The Morgan fingerprint density at radius 3 is 2.82 bits per heavy atom. The summed E-state index contributed by atoms with van der Waals surface area (Å²) in [6.07, 6.45) is 1.68. The van der Waals surface area contributed by atoms with E-state index in [2.05, 4.69) is 35.6 Å². The van der Waals surface area contributed by atoms with Gasteiger partial charge in [0.2, 0.25) is 5.91 Å². The lowest BCUT2D eigenvalue weighted by molar-refractivity contribution is -0.122. The van der Waals surface area contributed by atoms with Gasteiger partial charge in [0.15, 0.2) is 0 Å². The van der Waals surface area contributed by atoms with Gasteiger partial charge < -0.3 is 10.4 Å². The largest absolute Gasteiger partial charge is 0.396 e. The summed E-state index contributed by atoms with van der Waals surface area (Å²) in [5.74, 6) is 0.954. The minimum absolute atomic E-state index is 0.113. The van der Waals surface area contributed by atoms with Crippen LogP contribution in [0.15, 0.2) is 42.5 Å². The Hall–Kier alpha value is -1.87. The average Bonchev–Trinajstić information content (AvgIpc) is 3.33. The van der Waals surface area contributed by atoms with E-state index in [1.165, 1.54) is 16.3 Å². The molecule has 0 aromatic heterocycles. The Kier molecular flexibility index (Phi) is 4.44. The van der Waals surface area contributed by atoms with Gasteiger partial charge in [0.1, 0.15) is 0 Å². The lowest BCUT2D eigenvalue weighted by Crippen LogP contribution is -2.30. The van der Waals surface area contributed by atoms with Crippen molar-refractivity contribution in [3.63, 3.8) is 0 Å². The highest BCUT2D eigenvalue weighted by Crippen LogP contribution is 2.48. The first-order valence-electron chi connectivity index (χ1n) is 8.06. The van der Waals surface area contributed by atoms with E-state index in [0.29, 0.717) is 18.4 Å². The van der Waals surface area contributed by atoms with Crippen LogP contribution in [-0.4, -0.2) is 24.2 Å². The van der Waals surface area contributed by atoms with Crippen molar-refractivity contribution in [1.82, 2.24) is 5.32 Å². The SMILES string of the molecule is CC(CCO)CNC(=O)C1CC1c1ccc2ccccc2c1. The van der Waals surface area contributed by atoms with Crippen molar-refractivity contribution in [3.05, 3.63) is 48.0 Å². The molecule has 0 saturated heterocycles. The number of hydrogen-bond acceptors (Lipinski definition) is 2. The molecule has 2 aromatic carbocycles. The van der Waals surface area contributed by atoms with Gasteiger partial charge in [-0.15, -0.1) is 0 Å². The molecular formula is C19H23NO2. The fourth-order valence-corrected chi connectivity index (χ4v) is 3.02. The van der Waals surface area contributed by atoms with Crippen molar-refractivity contribution in [2.24, 2.45) is 11.8 Å². The molecule has 22 heavy (non-hydrogen) atoms. The number of amides is 1. The molecule has 0 bridgehead atoms. The second-order valence-corrected chi connectivity index (χ2v) is 6.42. The van der Waals surface area contributed by atoms with Crippen LogP contribution in [0.25, 0.3) is 10.8 Å². The molecular weight excluding hydrogens is 274 g/mol. The Bertz CT molecular complexity index is 667. The fraction of sp³-hybridized carbons (Fsp3) is 0.421. The first-order chi connectivity index (χ1) is 10.7. The van der Waals surface area contributed by atoms with Crippen LogP contribution in [0, 0.1) is 11.8 Å². The van der Waals surface area contributed by atoms with Gasteiger partial charge in [0.25, 0.3) is 0 Å². The predicted octanol–water partition coefficient (Wildman–Crippen LogP) is 3.08. The highest BCUT2D eigenvalue weighted by molar-refractivity contribution is 5.85. The molecule has 2 aromatic rings. The monoisotopic (exact) mass is 297 g/mol. The zero-order valence-corrected chi connectivity index (χ0v) is 13.0. The lowest BCUT2D eigenvalue weighted by atomic mass is 10.0. The minimum Gasteiger partial charge on any atom is -0.396 e. The molecule has 3 unspecified atom stereocenters. The maximum atomic E-state index is 12.2. The number of fused-ring (bicyclic) bond motifs is 1.